The number of Topliss-reactive ketones (excluding diaryl/α,β-unsaturated/α-hetero) is 1. The number of rotatable bonds is 1. The Hall–Kier alpha value is -1.84. The summed E-state index contributed by atoms with van der Waals surface area (Å²) in [5, 5.41) is 0. The van der Waals surface area contributed by atoms with Crippen LogP contribution in [0.3, 0.4) is 0 Å². The number of ether oxygens (including phenoxy) is 1. The second-order valence-electron chi connectivity index (χ2n) is 5.24. The SMILES string of the molecule is COc1ccc2c3c1C(=O)CCC3C(=O)N(C)CC2. The summed E-state index contributed by atoms with van der Waals surface area (Å²) < 4.78 is 5.31. The van der Waals surface area contributed by atoms with Crippen molar-refractivity contribution in [3.63, 3.8) is 0 Å². The van der Waals surface area contributed by atoms with Crippen molar-refractivity contribution in [2.75, 3.05) is 20.7 Å². The van der Waals surface area contributed by atoms with E-state index in [1.54, 1.807) is 12.0 Å². The number of likely N-dealkylation sites (N-methyl/N-ethyl adjacent to an activating group) is 1. The molecular weight excluding hydrogens is 242 g/mol. The van der Waals surface area contributed by atoms with Gasteiger partial charge < -0.3 is 9.64 Å². The normalized spacial score (nSPS) is 22.0. The van der Waals surface area contributed by atoms with Gasteiger partial charge in [0, 0.05) is 20.0 Å². The van der Waals surface area contributed by atoms with Crippen molar-refractivity contribution in [2.24, 2.45) is 0 Å². The van der Waals surface area contributed by atoms with Crippen LogP contribution in [-0.4, -0.2) is 37.3 Å². The highest BCUT2D eigenvalue weighted by atomic mass is 16.5. The van der Waals surface area contributed by atoms with E-state index in [1.807, 2.05) is 19.2 Å². The minimum Gasteiger partial charge on any atom is -0.496 e. The third-order valence-corrected chi connectivity index (χ3v) is 4.20. The Bertz CT molecular complexity index is 565. The van der Waals surface area contributed by atoms with Crippen molar-refractivity contribution in [1.82, 2.24) is 4.90 Å². The molecular formula is C15H17NO3. The molecule has 4 nitrogen and oxygen atoms in total. The van der Waals surface area contributed by atoms with Gasteiger partial charge in [-0.3, -0.25) is 9.59 Å². The van der Waals surface area contributed by atoms with Crippen LogP contribution in [0.2, 0.25) is 0 Å². The molecule has 4 heteroatoms. The Morgan fingerprint density at radius 1 is 1.26 bits per heavy atom. The summed E-state index contributed by atoms with van der Waals surface area (Å²) >= 11 is 0. The van der Waals surface area contributed by atoms with E-state index >= 15 is 0 Å². The van der Waals surface area contributed by atoms with Crippen LogP contribution >= 0.6 is 0 Å². The predicted molar refractivity (Wildman–Crippen MR) is 70.6 cm³/mol. The summed E-state index contributed by atoms with van der Waals surface area (Å²) in [5.41, 5.74) is 2.68. The van der Waals surface area contributed by atoms with Crippen molar-refractivity contribution >= 4 is 11.7 Å². The van der Waals surface area contributed by atoms with Gasteiger partial charge in [0.1, 0.15) is 5.75 Å². The van der Waals surface area contributed by atoms with Crippen molar-refractivity contribution < 1.29 is 14.3 Å². The van der Waals surface area contributed by atoms with Crippen LogP contribution in [-0.2, 0) is 11.2 Å². The molecule has 1 aliphatic heterocycles. The van der Waals surface area contributed by atoms with Crippen LogP contribution in [0.4, 0.5) is 0 Å². The van der Waals surface area contributed by atoms with Crippen molar-refractivity contribution in [3.8, 4) is 5.75 Å². The molecule has 0 radical (unpaired) electrons. The lowest BCUT2D eigenvalue weighted by molar-refractivity contribution is -0.131. The van der Waals surface area contributed by atoms with Gasteiger partial charge in [-0.2, -0.15) is 0 Å². The number of methoxy groups -OCH3 is 1. The molecule has 1 unspecified atom stereocenters. The minimum absolute atomic E-state index is 0.0994. The molecule has 0 saturated carbocycles. The smallest absolute Gasteiger partial charge is 0.229 e. The van der Waals surface area contributed by atoms with Crippen molar-refractivity contribution in [3.05, 3.63) is 28.8 Å². The summed E-state index contributed by atoms with van der Waals surface area (Å²) in [5.74, 6) is 0.652. The molecule has 1 aliphatic carbocycles. The van der Waals surface area contributed by atoms with Gasteiger partial charge in [0.25, 0.3) is 0 Å². The highest BCUT2D eigenvalue weighted by Gasteiger charge is 2.37. The van der Waals surface area contributed by atoms with Crippen LogP contribution in [0.5, 0.6) is 5.75 Å². The van der Waals surface area contributed by atoms with Gasteiger partial charge in [-0.25, -0.2) is 0 Å². The first-order chi connectivity index (χ1) is 9.13. The molecule has 0 aromatic heterocycles. The largest absolute Gasteiger partial charge is 0.496 e. The summed E-state index contributed by atoms with van der Waals surface area (Å²) in [4.78, 5) is 26.4. The summed E-state index contributed by atoms with van der Waals surface area (Å²) in [6.07, 6.45) is 1.85. The quantitative estimate of drug-likeness (QED) is 0.772. The summed E-state index contributed by atoms with van der Waals surface area (Å²) in [6, 6.07) is 3.85. The van der Waals surface area contributed by atoms with Gasteiger partial charge in [0.05, 0.1) is 18.6 Å². The fourth-order valence-corrected chi connectivity index (χ4v) is 3.17. The Balaban J connectivity index is 2.25. The van der Waals surface area contributed by atoms with Gasteiger partial charge in [-0.15, -0.1) is 0 Å². The topological polar surface area (TPSA) is 46.6 Å². The maximum atomic E-state index is 12.4. The molecule has 3 rings (SSSR count). The Morgan fingerprint density at radius 3 is 2.79 bits per heavy atom. The number of nitrogens with zero attached hydrogens (tertiary/aromatic N) is 1. The number of hydrogen-bond acceptors (Lipinski definition) is 3. The van der Waals surface area contributed by atoms with Crippen LogP contribution in [0, 0.1) is 0 Å². The number of carbonyl (C=O) groups is 2. The predicted octanol–water partition coefficient (Wildman–Crippen LogP) is 1.77. The second-order valence-corrected chi connectivity index (χ2v) is 5.24. The molecule has 1 aromatic carbocycles. The molecule has 1 atom stereocenters. The second kappa shape index (κ2) is 4.37. The van der Waals surface area contributed by atoms with Gasteiger partial charge in [-0.05, 0) is 30.0 Å². The van der Waals surface area contributed by atoms with Crippen molar-refractivity contribution in [2.45, 2.75) is 25.2 Å². The molecule has 19 heavy (non-hydrogen) atoms. The number of ketones is 1. The van der Waals surface area contributed by atoms with E-state index in [4.69, 9.17) is 4.74 Å². The fourth-order valence-electron chi connectivity index (χ4n) is 3.17. The minimum atomic E-state index is -0.176. The highest BCUT2D eigenvalue weighted by molar-refractivity contribution is 6.04. The van der Waals surface area contributed by atoms with Gasteiger partial charge in [-0.1, -0.05) is 6.07 Å². The van der Waals surface area contributed by atoms with Crippen LogP contribution in [0.1, 0.15) is 40.2 Å². The summed E-state index contributed by atoms with van der Waals surface area (Å²) in [6.45, 7) is 0.711. The Kier molecular flexibility index (Phi) is 2.81. The van der Waals surface area contributed by atoms with E-state index < -0.39 is 0 Å². The van der Waals surface area contributed by atoms with E-state index in [0.717, 1.165) is 17.5 Å². The molecule has 1 heterocycles. The zero-order chi connectivity index (χ0) is 13.6. The third-order valence-electron chi connectivity index (χ3n) is 4.20. The molecule has 100 valence electrons. The number of carbonyl (C=O) groups excluding carboxylic acids is 2. The van der Waals surface area contributed by atoms with Crippen LogP contribution in [0.25, 0.3) is 0 Å². The maximum absolute atomic E-state index is 12.4. The molecule has 0 spiro atoms. The lowest BCUT2D eigenvalue weighted by atomic mass is 9.78. The van der Waals surface area contributed by atoms with Gasteiger partial charge in [0.2, 0.25) is 5.91 Å². The maximum Gasteiger partial charge on any atom is 0.229 e. The first-order valence-electron chi connectivity index (χ1n) is 6.61. The Morgan fingerprint density at radius 2 is 2.05 bits per heavy atom. The number of amides is 1. The van der Waals surface area contributed by atoms with Crippen LogP contribution < -0.4 is 4.74 Å². The monoisotopic (exact) mass is 259 g/mol. The number of hydrogen-bond donors (Lipinski definition) is 0. The molecule has 1 amide bonds. The van der Waals surface area contributed by atoms with Crippen LogP contribution in [0.15, 0.2) is 12.1 Å². The standard InChI is InChI=1S/C15H17NO3/c1-16-8-7-9-3-6-12(19-2)14-11(17)5-4-10(13(9)14)15(16)18/h3,6,10H,4-5,7-8H2,1-2H3. The summed E-state index contributed by atoms with van der Waals surface area (Å²) in [7, 11) is 3.40. The zero-order valence-corrected chi connectivity index (χ0v) is 11.2. The Labute approximate surface area is 112 Å². The zero-order valence-electron chi connectivity index (χ0n) is 11.2. The first-order valence-corrected chi connectivity index (χ1v) is 6.61. The van der Waals surface area contributed by atoms with E-state index in [0.29, 0.717) is 30.7 Å². The molecule has 1 aromatic rings. The average molecular weight is 259 g/mol. The van der Waals surface area contributed by atoms with Gasteiger partial charge in [0.15, 0.2) is 5.78 Å². The van der Waals surface area contributed by atoms with E-state index in [2.05, 4.69) is 0 Å². The lowest BCUT2D eigenvalue weighted by Gasteiger charge is -2.27. The molecule has 0 N–H and O–H groups in total. The van der Waals surface area contributed by atoms with E-state index in [9.17, 15) is 9.59 Å². The molecule has 0 bridgehead atoms. The fraction of sp³-hybridized carbons (Fsp3) is 0.467. The lowest BCUT2D eigenvalue weighted by Crippen LogP contribution is -2.33. The molecule has 2 aliphatic rings. The molecule has 0 fully saturated rings. The first kappa shape index (κ1) is 12.2. The van der Waals surface area contributed by atoms with E-state index in [-0.39, 0.29) is 17.6 Å². The average Bonchev–Trinajstić information content (AvgIpc) is 2.54. The third kappa shape index (κ3) is 1.74. The van der Waals surface area contributed by atoms with Crippen molar-refractivity contribution in [1.29, 1.82) is 0 Å². The van der Waals surface area contributed by atoms with E-state index in [1.165, 1.54) is 0 Å². The van der Waals surface area contributed by atoms with Gasteiger partial charge >= 0.3 is 0 Å². The highest BCUT2D eigenvalue weighted by Crippen LogP contribution is 2.41. The number of benzene rings is 1. The molecule has 0 saturated heterocycles.